The van der Waals surface area contributed by atoms with Crippen molar-refractivity contribution >= 4 is 35.0 Å². The third kappa shape index (κ3) is 6.24. The predicted octanol–water partition coefficient (Wildman–Crippen LogP) is 3.38. The van der Waals surface area contributed by atoms with Crippen LogP contribution in [0, 0.1) is 5.41 Å². The van der Waals surface area contributed by atoms with Crippen LogP contribution in [0.4, 0.5) is 23.1 Å². The monoisotopic (exact) mass is 550 g/mol. The van der Waals surface area contributed by atoms with Crippen LogP contribution in [0.5, 0.6) is 5.75 Å². The molecule has 1 aliphatic carbocycles. The number of methoxy groups -OCH3 is 1. The lowest BCUT2D eigenvalue weighted by Gasteiger charge is -2.34. The van der Waals surface area contributed by atoms with Crippen LogP contribution in [-0.4, -0.2) is 69.2 Å². The molecular weight excluding hydrogens is 508 g/mol. The number of anilines is 4. The van der Waals surface area contributed by atoms with Gasteiger partial charge in [0.15, 0.2) is 5.82 Å². The van der Waals surface area contributed by atoms with Gasteiger partial charge in [-0.3, -0.25) is 9.59 Å². The van der Waals surface area contributed by atoms with E-state index in [4.69, 9.17) is 9.72 Å². The summed E-state index contributed by atoms with van der Waals surface area (Å²) < 4.78 is 5.61. The number of ether oxygens (including phenoxy) is 1. The molecule has 0 spiro atoms. The Morgan fingerprint density at radius 1 is 1.23 bits per heavy atom. The number of hydrogen-bond acceptors (Lipinski definition) is 9. The Morgan fingerprint density at radius 3 is 2.65 bits per heavy atom. The fourth-order valence-corrected chi connectivity index (χ4v) is 5.44. The zero-order chi connectivity index (χ0) is 28.9. The van der Waals surface area contributed by atoms with Gasteiger partial charge in [0.05, 0.1) is 24.4 Å². The Labute approximate surface area is 236 Å². The highest BCUT2D eigenvalue weighted by Gasteiger charge is 2.41. The molecule has 0 atom stereocenters. The van der Waals surface area contributed by atoms with E-state index in [1.54, 1.807) is 43.5 Å². The Hall–Kier alpha value is -4.02. The molecule has 4 rings (SSSR count). The highest BCUT2D eigenvalue weighted by Crippen LogP contribution is 2.40. The third-order valence-corrected chi connectivity index (χ3v) is 7.63. The maximum atomic E-state index is 13.3. The molecule has 1 fully saturated rings. The van der Waals surface area contributed by atoms with Gasteiger partial charge in [0.1, 0.15) is 11.4 Å². The molecule has 0 radical (unpaired) electrons. The van der Waals surface area contributed by atoms with Crippen molar-refractivity contribution in [3.05, 3.63) is 41.9 Å². The molecular formula is C29H42N8O3. The van der Waals surface area contributed by atoms with Crippen molar-refractivity contribution in [1.29, 1.82) is 0 Å². The molecule has 0 saturated heterocycles. The summed E-state index contributed by atoms with van der Waals surface area (Å²) in [5.41, 5.74) is 2.27. The van der Waals surface area contributed by atoms with E-state index in [2.05, 4.69) is 31.2 Å². The summed E-state index contributed by atoms with van der Waals surface area (Å²) in [5.74, 6) is 1.52. The summed E-state index contributed by atoms with van der Waals surface area (Å²) in [6.45, 7) is 5.07. The molecule has 1 aliphatic heterocycles. The summed E-state index contributed by atoms with van der Waals surface area (Å²) in [4.78, 5) is 39.5. The summed E-state index contributed by atoms with van der Waals surface area (Å²) in [6, 6.07) is 5.57. The lowest BCUT2D eigenvalue weighted by atomic mass is 9.91. The van der Waals surface area contributed by atoms with E-state index < -0.39 is 5.41 Å². The lowest BCUT2D eigenvalue weighted by molar-refractivity contribution is -0.125. The topological polar surface area (TPSA) is 124 Å². The van der Waals surface area contributed by atoms with Crippen molar-refractivity contribution in [2.24, 2.45) is 5.41 Å². The van der Waals surface area contributed by atoms with Gasteiger partial charge in [-0.15, -0.1) is 0 Å². The molecule has 0 bridgehead atoms. The zero-order valence-corrected chi connectivity index (χ0v) is 24.4. The SMILES string of the molecule is CN/C=C(/CCNC(=O)c1ccc(Nc2ncc3c(n2)N(C2CCCC2)CC(C)(C)C(=O)N3C)c(OC)c1)NC. The molecule has 4 N–H and O–H groups in total. The van der Waals surface area contributed by atoms with E-state index in [-0.39, 0.29) is 11.8 Å². The van der Waals surface area contributed by atoms with Gasteiger partial charge in [0, 0.05) is 64.2 Å². The fraction of sp³-hybridized carbons (Fsp3) is 0.517. The molecule has 2 aliphatic rings. The molecule has 40 heavy (non-hydrogen) atoms. The minimum atomic E-state index is -0.553. The molecule has 2 aromatic rings. The molecule has 2 heterocycles. The molecule has 11 nitrogen and oxygen atoms in total. The summed E-state index contributed by atoms with van der Waals surface area (Å²) in [6.07, 6.45) is 8.77. The van der Waals surface area contributed by atoms with Crippen molar-refractivity contribution in [2.45, 2.75) is 52.0 Å². The number of hydrogen-bond donors (Lipinski definition) is 4. The number of fused-ring (bicyclic) bond motifs is 1. The molecule has 0 unspecified atom stereocenters. The first-order chi connectivity index (χ1) is 19.2. The summed E-state index contributed by atoms with van der Waals surface area (Å²) in [5, 5.41) is 12.3. The molecule has 2 amide bonds. The van der Waals surface area contributed by atoms with Gasteiger partial charge in [0.2, 0.25) is 11.9 Å². The van der Waals surface area contributed by atoms with Gasteiger partial charge in [-0.05, 0) is 44.9 Å². The number of amides is 2. The standard InChI is InChI=1S/C29H42N8O3/c1-29(2)18-37(21-9-7-8-10-21)25-23(36(5)27(29)39)17-33-28(35-25)34-22-12-11-19(15-24(22)40-6)26(38)32-14-13-20(31-4)16-30-3/h11-12,15-17,21,30-31H,7-10,13-14,18H2,1-6H3,(H,32,38)(H,33,34,35)/b20-16-. The Morgan fingerprint density at radius 2 is 1.98 bits per heavy atom. The predicted molar refractivity (Wildman–Crippen MR) is 158 cm³/mol. The number of carbonyl (C=O) groups excluding carboxylic acids is 2. The largest absolute Gasteiger partial charge is 0.495 e. The Kier molecular flexibility index (Phi) is 9.01. The first-order valence-electron chi connectivity index (χ1n) is 13.9. The second-order valence-electron chi connectivity index (χ2n) is 11.0. The van der Waals surface area contributed by atoms with E-state index in [1.165, 1.54) is 12.8 Å². The number of nitrogens with zero attached hydrogens (tertiary/aromatic N) is 4. The average molecular weight is 551 g/mol. The van der Waals surface area contributed by atoms with Crippen LogP contribution in [0.25, 0.3) is 0 Å². The highest BCUT2D eigenvalue weighted by molar-refractivity contribution is 6.01. The maximum absolute atomic E-state index is 13.3. The van der Waals surface area contributed by atoms with Crippen molar-refractivity contribution in [3.8, 4) is 5.75 Å². The molecule has 1 aromatic carbocycles. The van der Waals surface area contributed by atoms with Gasteiger partial charge in [0.25, 0.3) is 5.91 Å². The van der Waals surface area contributed by atoms with Crippen molar-refractivity contribution in [3.63, 3.8) is 0 Å². The van der Waals surface area contributed by atoms with E-state index in [9.17, 15) is 9.59 Å². The average Bonchev–Trinajstić information content (AvgIpc) is 3.47. The fourth-order valence-electron chi connectivity index (χ4n) is 5.44. The van der Waals surface area contributed by atoms with E-state index >= 15 is 0 Å². The van der Waals surface area contributed by atoms with Gasteiger partial charge in [-0.2, -0.15) is 4.98 Å². The van der Waals surface area contributed by atoms with Crippen molar-refractivity contribution in [1.82, 2.24) is 25.9 Å². The zero-order valence-electron chi connectivity index (χ0n) is 24.4. The maximum Gasteiger partial charge on any atom is 0.251 e. The van der Waals surface area contributed by atoms with E-state index in [1.807, 2.05) is 34.1 Å². The van der Waals surface area contributed by atoms with Gasteiger partial charge in [-0.25, -0.2) is 4.98 Å². The number of carbonyl (C=O) groups is 2. The summed E-state index contributed by atoms with van der Waals surface area (Å²) >= 11 is 0. The van der Waals surface area contributed by atoms with Crippen LogP contribution in [0.15, 0.2) is 36.3 Å². The highest BCUT2D eigenvalue weighted by atomic mass is 16.5. The van der Waals surface area contributed by atoms with Crippen molar-refractivity contribution in [2.75, 3.05) is 56.5 Å². The minimum absolute atomic E-state index is 0.0503. The van der Waals surface area contributed by atoms with Crippen LogP contribution in [-0.2, 0) is 4.79 Å². The van der Waals surface area contributed by atoms with E-state index in [0.29, 0.717) is 54.2 Å². The third-order valence-electron chi connectivity index (χ3n) is 7.63. The number of benzene rings is 1. The second-order valence-corrected chi connectivity index (χ2v) is 11.0. The van der Waals surface area contributed by atoms with Gasteiger partial charge in [-0.1, -0.05) is 12.8 Å². The van der Waals surface area contributed by atoms with Crippen LogP contribution in [0.1, 0.15) is 56.3 Å². The molecule has 1 aromatic heterocycles. The smallest absolute Gasteiger partial charge is 0.251 e. The number of nitrogens with one attached hydrogen (secondary N) is 4. The minimum Gasteiger partial charge on any atom is -0.495 e. The quantitative estimate of drug-likeness (QED) is 0.352. The van der Waals surface area contributed by atoms with Gasteiger partial charge < -0.3 is 35.8 Å². The molecule has 216 valence electrons. The number of aromatic nitrogens is 2. The van der Waals surface area contributed by atoms with Crippen LogP contribution >= 0.6 is 0 Å². The lowest BCUT2D eigenvalue weighted by Crippen LogP contribution is -2.45. The first-order valence-corrected chi connectivity index (χ1v) is 13.9. The normalized spacial score (nSPS) is 17.2. The number of rotatable bonds is 10. The molecule has 1 saturated carbocycles. The van der Waals surface area contributed by atoms with E-state index in [0.717, 1.165) is 24.4 Å². The molecule has 11 heteroatoms. The Balaban J connectivity index is 1.55. The second kappa shape index (κ2) is 12.4. The van der Waals surface area contributed by atoms with Crippen LogP contribution in [0.2, 0.25) is 0 Å². The van der Waals surface area contributed by atoms with Crippen LogP contribution < -0.4 is 35.8 Å². The first kappa shape index (κ1) is 29.0. The van der Waals surface area contributed by atoms with Crippen molar-refractivity contribution < 1.29 is 14.3 Å². The van der Waals surface area contributed by atoms with Gasteiger partial charge >= 0.3 is 0 Å². The Bertz CT molecular complexity index is 1260. The van der Waals surface area contributed by atoms with Crippen LogP contribution in [0.3, 0.4) is 0 Å². The summed E-state index contributed by atoms with van der Waals surface area (Å²) in [7, 11) is 7.04.